The number of esters is 1. The van der Waals surface area contributed by atoms with Gasteiger partial charge < -0.3 is 20.1 Å². The molecule has 43 heavy (non-hydrogen) atoms. The van der Waals surface area contributed by atoms with E-state index in [0.717, 1.165) is 51.4 Å². The molecule has 0 aromatic rings. The molecule has 0 aromatic heterocycles. The van der Waals surface area contributed by atoms with Gasteiger partial charge in [-0.3, -0.25) is 13.8 Å². The molecule has 250 valence electrons. The zero-order chi connectivity index (χ0) is 31.7. The zero-order valence-electron chi connectivity index (χ0n) is 27.2. The monoisotopic (exact) mass is 627 g/mol. The fraction of sp³-hybridized carbons (Fsp3) is 0.735. The Hall–Kier alpha value is -1.54. The van der Waals surface area contributed by atoms with Gasteiger partial charge in [-0.25, -0.2) is 4.57 Å². The normalized spacial score (nSPS) is 14.4. The summed E-state index contributed by atoms with van der Waals surface area (Å²) in [6.45, 7) is 4.51. The van der Waals surface area contributed by atoms with Crippen LogP contribution < -0.4 is 5.73 Å². The van der Waals surface area contributed by atoms with Crippen LogP contribution in [0.5, 0.6) is 0 Å². The number of rotatable bonds is 31. The average molecular weight is 628 g/mol. The molecule has 0 saturated carbocycles. The number of hydrogen-bond acceptors (Lipinski definition) is 7. The maximum atomic E-state index is 12.0. The third-order valence-electron chi connectivity index (χ3n) is 6.51. The van der Waals surface area contributed by atoms with Crippen molar-refractivity contribution in [1.82, 2.24) is 0 Å². The van der Waals surface area contributed by atoms with Gasteiger partial charge in [0, 0.05) is 19.6 Å². The highest BCUT2D eigenvalue weighted by molar-refractivity contribution is 7.47. The Balaban J connectivity index is 3.78. The minimum atomic E-state index is -4.25. The SMILES string of the molecule is CC/C=C\C/C=C\C/C=C\C/C=C\CCCCCCCCCCCOCC(COP(=O)(O)OCCN)OC(=O)CCCC. The highest BCUT2D eigenvalue weighted by Crippen LogP contribution is 2.43. The summed E-state index contributed by atoms with van der Waals surface area (Å²) in [6.07, 6.45) is 35.2. The van der Waals surface area contributed by atoms with Crippen LogP contribution in [0.25, 0.3) is 0 Å². The summed E-state index contributed by atoms with van der Waals surface area (Å²) in [5, 5.41) is 0. The van der Waals surface area contributed by atoms with E-state index in [1.807, 2.05) is 6.92 Å². The Morgan fingerprint density at radius 3 is 1.86 bits per heavy atom. The van der Waals surface area contributed by atoms with Crippen LogP contribution in [0.15, 0.2) is 48.6 Å². The summed E-state index contributed by atoms with van der Waals surface area (Å²) in [4.78, 5) is 21.7. The molecule has 0 fully saturated rings. The number of nitrogens with two attached hydrogens (primary N) is 1. The number of carbonyl (C=O) groups is 1. The van der Waals surface area contributed by atoms with Crippen LogP contribution in [-0.2, 0) is 27.9 Å². The Kier molecular flexibility index (Phi) is 30.7. The molecule has 8 nitrogen and oxygen atoms in total. The third kappa shape index (κ3) is 31.7. The predicted molar refractivity (Wildman–Crippen MR) is 178 cm³/mol. The fourth-order valence-corrected chi connectivity index (χ4v) is 4.85. The van der Waals surface area contributed by atoms with Crippen LogP contribution in [0.3, 0.4) is 0 Å². The quantitative estimate of drug-likeness (QED) is 0.0339. The van der Waals surface area contributed by atoms with E-state index in [1.165, 1.54) is 51.4 Å². The molecule has 2 unspecified atom stereocenters. The first-order valence-electron chi connectivity index (χ1n) is 16.6. The van der Waals surface area contributed by atoms with E-state index >= 15 is 0 Å². The van der Waals surface area contributed by atoms with E-state index in [2.05, 4.69) is 55.5 Å². The van der Waals surface area contributed by atoms with Crippen molar-refractivity contribution in [2.24, 2.45) is 5.73 Å². The third-order valence-corrected chi connectivity index (χ3v) is 7.49. The molecule has 0 aromatic carbocycles. The maximum Gasteiger partial charge on any atom is 0.472 e. The summed E-state index contributed by atoms with van der Waals surface area (Å²) < 4.78 is 32.7. The standard InChI is InChI=1S/C34H62NO7P/c1-3-5-7-8-9-10-11-12-13-14-15-16-17-18-19-20-21-22-23-24-25-26-29-39-31-33(42-34(36)27-6-4-2)32-41-43(37,38)40-30-28-35/h5,7,9-10,12-13,15-16,33H,3-4,6,8,11,14,17-32,35H2,1-2H3,(H,37,38)/b7-5-,10-9-,13-12-,16-15-. The van der Waals surface area contributed by atoms with Crippen LogP contribution in [0, 0.1) is 0 Å². The zero-order valence-corrected chi connectivity index (χ0v) is 28.1. The Labute approximate surface area is 262 Å². The maximum absolute atomic E-state index is 12.0. The summed E-state index contributed by atoms with van der Waals surface area (Å²) in [5.41, 5.74) is 5.29. The van der Waals surface area contributed by atoms with Crippen molar-refractivity contribution in [3.8, 4) is 0 Å². The number of allylic oxidation sites excluding steroid dienone is 8. The second-order valence-electron chi connectivity index (χ2n) is 10.6. The lowest BCUT2D eigenvalue weighted by molar-refractivity contribution is -0.154. The number of phosphoric acid groups is 1. The lowest BCUT2D eigenvalue weighted by Crippen LogP contribution is -2.28. The molecule has 3 N–H and O–H groups in total. The lowest BCUT2D eigenvalue weighted by atomic mass is 10.1. The minimum Gasteiger partial charge on any atom is -0.457 e. The molecule has 0 aliphatic carbocycles. The van der Waals surface area contributed by atoms with Gasteiger partial charge in [0.25, 0.3) is 0 Å². The van der Waals surface area contributed by atoms with Gasteiger partial charge in [0.15, 0.2) is 0 Å². The van der Waals surface area contributed by atoms with Crippen molar-refractivity contribution < 1.29 is 32.8 Å². The Bertz CT molecular complexity index is 798. The summed E-state index contributed by atoms with van der Waals surface area (Å²) in [6, 6.07) is 0. The summed E-state index contributed by atoms with van der Waals surface area (Å²) in [5.74, 6) is -0.371. The van der Waals surface area contributed by atoms with Gasteiger partial charge in [-0.15, -0.1) is 0 Å². The average Bonchev–Trinajstić information content (AvgIpc) is 2.99. The highest BCUT2D eigenvalue weighted by Gasteiger charge is 2.25. The lowest BCUT2D eigenvalue weighted by Gasteiger charge is -2.20. The number of carbonyl (C=O) groups excluding carboxylic acids is 1. The largest absolute Gasteiger partial charge is 0.472 e. The molecule has 0 aliphatic heterocycles. The van der Waals surface area contributed by atoms with E-state index < -0.39 is 13.9 Å². The van der Waals surface area contributed by atoms with Gasteiger partial charge in [0.1, 0.15) is 6.10 Å². The number of ether oxygens (including phenoxy) is 2. The first kappa shape index (κ1) is 41.5. The van der Waals surface area contributed by atoms with Crippen LogP contribution in [0.4, 0.5) is 0 Å². The summed E-state index contributed by atoms with van der Waals surface area (Å²) >= 11 is 0. The molecular formula is C34H62NO7P. The van der Waals surface area contributed by atoms with Crippen molar-refractivity contribution in [3.05, 3.63) is 48.6 Å². The van der Waals surface area contributed by atoms with Gasteiger partial charge in [0.05, 0.1) is 19.8 Å². The Morgan fingerprint density at radius 1 is 0.721 bits per heavy atom. The van der Waals surface area contributed by atoms with E-state index in [-0.39, 0.29) is 32.3 Å². The van der Waals surface area contributed by atoms with E-state index in [1.54, 1.807) is 0 Å². The van der Waals surface area contributed by atoms with Crippen LogP contribution in [0.2, 0.25) is 0 Å². The molecular weight excluding hydrogens is 565 g/mol. The molecule has 2 atom stereocenters. The predicted octanol–water partition coefficient (Wildman–Crippen LogP) is 8.90. The van der Waals surface area contributed by atoms with Crippen molar-refractivity contribution in [2.45, 2.75) is 129 Å². The second-order valence-corrected chi connectivity index (χ2v) is 12.1. The molecule has 0 heterocycles. The minimum absolute atomic E-state index is 0.0969. The van der Waals surface area contributed by atoms with E-state index in [9.17, 15) is 14.3 Å². The van der Waals surface area contributed by atoms with Crippen molar-refractivity contribution in [2.75, 3.05) is 33.0 Å². The van der Waals surface area contributed by atoms with Gasteiger partial charge in [-0.1, -0.05) is 114 Å². The van der Waals surface area contributed by atoms with Gasteiger partial charge in [-0.05, 0) is 51.4 Å². The van der Waals surface area contributed by atoms with Crippen molar-refractivity contribution in [1.29, 1.82) is 0 Å². The first-order chi connectivity index (χ1) is 20.9. The van der Waals surface area contributed by atoms with E-state index in [0.29, 0.717) is 13.0 Å². The molecule has 9 heteroatoms. The molecule has 0 saturated heterocycles. The molecule has 0 bridgehead atoms. The van der Waals surface area contributed by atoms with E-state index in [4.69, 9.17) is 24.3 Å². The van der Waals surface area contributed by atoms with Gasteiger partial charge in [-0.2, -0.15) is 0 Å². The number of unbranched alkanes of at least 4 members (excludes halogenated alkanes) is 10. The van der Waals surface area contributed by atoms with Gasteiger partial charge >= 0.3 is 13.8 Å². The number of hydrogen-bond donors (Lipinski definition) is 2. The molecule has 0 radical (unpaired) electrons. The molecule has 0 aliphatic rings. The molecule has 0 spiro atoms. The highest BCUT2D eigenvalue weighted by atomic mass is 31.2. The summed E-state index contributed by atoms with van der Waals surface area (Å²) in [7, 11) is -4.25. The van der Waals surface area contributed by atoms with Crippen molar-refractivity contribution in [3.63, 3.8) is 0 Å². The number of phosphoric ester groups is 1. The topological polar surface area (TPSA) is 117 Å². The second kappa shape index (κ2) is 31.9. The Morgan fingerprint density at radius 2 is 1.28 bits per heavy atom. The van der Waals surface area contributed by atoms with Crippen molar-refractivity contribution >= 4 is 13.8 Å². The van der Waals surface area contributed by atoms with Gasteiger partial charge in [0.2, 0.25) is 0 Å². The molecule has 0 amide bonds. The first-order valence-corrected chi connectivity index (χ1v) is 18.1. The van der Waals surface area contributed by atoms with Crippen LogP contribution in [-0.4, -0.2) is 49.9 Å². The van der Waals surface area contributed by atoms with Crippen LogP contribution in [0.1, 0.15) is 123 Å². The van der Waals surface area contributed by atoms with Crippen LogP contribution >= 0.6 is 7.82 Å². The molecule has 0 rings (SSSR count). The smallest absolute Gasteiger partial charge is 0.457 e. The fourth-order valence-electron chi connectivity index (χ4n) is 4.08.